The molecule has 0 spiro atoms. The van der Waals surface area contributed by atoms with Gasteiger partial charge in [0.25, 0.3) is 0 Å². The fraction of sp³-hybridized carbons (Fsp3) is 0.400. The van der Waals surface area contributed by atoms with E-state index in [1.807, 2.05) is 13.0 Å². The lowest BCUT2D eigenvalue weighted by atomic mass is 10.1. The SMILES string of the molecule is Cc1nc(CNC2CCc3c(O)cccc32)c(C)s1. The molecular formula is C15H18N2OS. The minimum Gasteiger partial charge on any atom is -0.508 e. The number of fused-ring (bicyclic) bond motifs is 1. The van der Waals surface area contributed by atoms with Gasteiger partial charge in [0, 0.05) is 17.5 Å². The Kier molecular flexibility index (Phi) is 3.29. The summed E-state index contributed by atoms with van der Waals surface area (Å²) in [4.78, 5) is 5.84. The zero-order chi connectivity index (χ0) is 13.4. The molecule has 1 unspecified atom stereocenters. The molecule has 0 amide bonds. The van der Waals surface area contributed by atoms with Crippen molar-refractivity contribution < 1.29 is 5.11 Å². The molecule has 0 fully saturated rings. The molecule has 0 aliphatic heterocycles. The lowest BCUT2D eigenvalue weighted by Gasteiger charge is -2.13. The highest BCUT2D eigenvalue weighted by Gasteiger charge is 2.24. The van der Waals surface area contributed by atoms with Crippen LogP contribution in [0.25, 0.3) is 0 Å². The largest absolute Gasteiger partial charge is 0.508 e. The number of aromatic hydroxyl groups is 1. The van der Waals surface area contributed by atoms with Crippen LogP contribution in [0.1, 0.15) is 39.2 Å². The minimum atomic E-state index is 0.337. The van der Waals surface area contributed by atoms with Gasteiger partial charge in [0.05, 0.1) is 10.7 Å². The molecule has 1 aliphatic carbocycles. The molecular weight excluding hydrogens is 256 g/mol. The van der Waals surface area contributed by atoms with Gasteiger partial charge in [-0.15, -0.1) is 11.3 Å². The number of hydrogen-bond donors (Lipinski definition) is 2. The third-order valence-corrected chi connectivity index (χ3v) is 4.69. The Morgan fingerprint density at radius 2 is 2.26 bits per heavy atom. The number of phenols is 1. The van der Waals surface area contributed by atoms with Gasteiger partial charge in [-0.3, -0.25) is 0 Å². The molecule has 3 nitrogen and oxygen atoms in total. The molecule has 1 aliphatic rings. The lowest BCUT2D eigenvalue weighted by molar-refractivity contribution is 0.469. The summed E-state index contributed by atoms with van der Waals surface area (Å²) in [5, 5.41) is 14.5. The average molecular weight is 274 g/mol. The normalized spacial score (nSPS) is 17.7. The van der Waals surface area contributed by atoms with Crippen molar-refractivity contribution in [2.75, 3.05) is 0 Å². The summed E-state index contributed by atoms with van der Waals surface area (Å²) in [6.45, 7) is 4.97. The second kappa shape index (κ2) is 4.94. The van der Waals surface area contributed by atoms with E-state index in [4.69, 9.17) is 0 Å². The van der Waals surface area contributed by atoms with Crippen LogP contribution in [0.4, 0.5) is 0 Å². The van der Waals surface area contributed by atoms with Crippen LogP contribution in [-0.2, 0) is 13.0 Å². The summed E-state index contributed by atoms with van der Waals surface area (Å²) >= 11 is 1.75. The van der Waals surface area contributed by atoms with E-state index in [0.717, 1.165) is 35.7 Å². The lowest BCUT2D eigenvalue weighted by Crippen LogP contribution is -2.19. The van der Waals surface area contributed by atoms with Gasteiger partial charge in [-0.25, -0.2) is 4.98 Å². The number of aromatic nitrogens is 1. The molecule has 100 valence electrons. The maximum atomic E-state index is 9.84. The van der Waals surface area contributed by atoms with E-state index in [2.05, 4.69) is 23.3 Å². The van der Waals surface area contributed by atoms with E-state index in [0.29, 0.717) is 11.8 Å². The molecule has 1 atom stereocenters. The van der Waals surface area contributed by atoms with E-state index in [1.54, 1.807) is 17.4 Å². The van der Waals surface area contributed by atoms with Gasteiger partial charge >= 0.3 is 0 Å². The third-order valence-electron chi connectivity index (χ3n) is 3.76. The first-order chi connectivity index (χ1) is 9.15. The van der Waals surface area contributed by atoms with Crippen LogP contribution in [0.15, 0.2) is 18.2 Å². The number of nitrogens with one attached hydrogen (secondary N) is 1. The number of aryl methyl sites for hydroxylation is 2. The number of phenolic OH excluding ortho intramolecular Hbond substituents is 1. The van der Waals surface area contributed by atoms with E-state index >= 15 is 0 Å². The molecule has 1 heterocycles. The summed E-state index contributed by atoms with van der Waals surface area (Å²) in [6.07, 6.45) is 2.00. The maximum Gasteiger partial charge on any atom is 0.119 e. The van der Waals surface area contributed by atoms with Crippen molar-refractivity contribution in [3.05, 3.63) is 44.9 Å². The van der Waals surface area contributed by atoms with Gasteiger partial charge in [0.2, 0.25) is 0 Å². The van der Waals surface area contributed by atoms with Crippen molar-refractivity contribution in [2.45, 2.75) is 39.3 Å². The van der Waals surface area contributed by atoms with Crippen molar-refractivity contribution in [1.29, 1.82) is 0 Å². The second-order valence-electron chi connectivity index (χ2n) is 5.05. The van der Waals surface area contributed by atoms with Crippen LogP contribution < -0.4 is 5.32 Å². The highest BCUT2D eigenvalue weighted by atomic mass is 32.1. The molecule has 3 rings (SSSR count). The van der Waals surface area contributed by atoms with E-state index in [1.165, 1.54) is 10.4 Å². The van der Waals surface area contributed by atoms with Crippen LogP contribution in [0.2, 0.25) is 0 Å². The Morgan fingerprint density at radius 1 is 1.42 bits per heavy atom. The van der Waals surface area contributed by atoms with Gasteiger partial charge in [-0.05, 0) is 43.9 Å². The first-order valence-corrected chi connectivity index (χ1v) is 7.44. The first kappa shape index (κ1) is 12.6. The van der Waals surface area contributed by atoms with Crippen molar-refractivity contribution in [3.8, 4) is 5.75 Å². The van der Waals surface area contributed by atoms with Crippen LogP contribution in [0, 0.1) is 13.8 Å². The van der Waals surface area contributed by atoms with E-state index in [-0.39, 0.29) is 0 Å². The monoisotopic (exact) mass is 274 g/mol. The summed E-state index contributed by atoms with van der Waals surface area (Å²) < 4.78 is 0. The van der Waals surface area contributed by atoms with Crippen molar-refractivity contribution in [2.24, 2.45) is 0 Å². The van der Waals surface area contributed by atoms with Gasteiger partial charge in [0.15, 0.2) is 0 Å². The highest BCUT2D eigenvalue weighted by Crippen LogP contribution is 2.36. The van der Waals surface area contributed by atoms with Gasteiger partial charge in [-0.2, -0.15) is 0 Å². The van der Waals surface area contributed by atoms with Gasteiger partial charge < -0.3 is 10.4 Å². The Labute approximate surface area is 117 Å². The summed E-state index contributed by atoms with van der Waals surface area (Å²) in [7, 11) is 0. The summed E-state index contributed by atoms with van der Waals surface area (Å²) in [6, 6.07) is 6.14. The van der Waals surface area contributed by atoms with Crippen LogP contribution in [0.5, 0.6) is 5.75 Å². The molecule has 0 radical (unpaired) electrons. The Bertz CT molecular complexity index is 606. The Balaban J connectivity index is 1.73. The Hall–Kier alpha value is -1.39. The smallest absolute Gasteiger partial charge is 0.119 e. The standard InChI is InChI=1S/C15H18N2OS/c1-9-14(17-10(2)19-9)8-16-13-7-6-12-11(13)4-3-5-15(12)18/h3-5,13,16,18H,6-8H2,1-2H3. The molecule has 1 aromatic carbocycles. The zero-order valence-corrected chi connectivity index (χ0v) is 12.0. The summed E-state index contributed by atoms with van der Waals surface area (Å²) in [5.74, 6) is 0.433. The fourth-order valence-electron chi connectivity index (χ4n) is 2.80. The third kappa shape index (κ3) is 2.38. The van der Waals surface area contributed by atoms with E-state index < -0.39 is 0 Å². The number of benzene rings is 1. The van der Waals surface area contributed by atoms with Gasteiger partial charge in [0.1, 0.15) is 5.75 Å². The summed E-state index contributed by atoms with van der Waals surface area (Å²) in [5.41, 5.74) is 3.49. The fourth-order valence-corrected chi connectivity index (χ4v) is 3.64. The molecule has 2 N–H and O–H groups in total. The quantitative estimate of drug-likeness (QED) is 0.903. The second-order valence-corrected chi connectivity index (χ2v) is 6.46. The van der Waals surface area contributed by atoms with Crippen molar-refractivity contribution >= 4 is 11.3 Å². The topological polar surface area (TPSA) is 45.2 Å². The van der Waals surface area contributed by atoms with Crippen molar-refractivity contribution in [3.63, 3.8) is 0 Å². The number of rotatable bonds is 3. The highest BCUT2D eigenvalue weighted by molar-refractivity contribution is 7.11. The molecule has 4 heteroatoms. The van der Waals surface area contributed by atoms with Gasteiger partial charge in [-0.1, -0.05) is 12.1 Å². The molecule has 2 aromatic rings. The number of hydrogen-bond acceptors (Lipinski definition) is 4. The van der Waals surface area contributed by atoms with Crippen LogP contribution in [-0.4, -0.2) is 10.1 Å². The predicted molar refractivity (Wildman–Crippen MR) is 77.6 cm³/mol. The molecule has 19 heavy (non-hydrogen) atoms. The number of thiazole rings is 1. The van der Waals surface area contributed by atoms with Crippen LogP contribution >= 0.6 is 11.3 Å². The molecule has 0 bridgehead atoms. The zero-order valence-electron chi connectivity index (χ0n) is 11.2. The van der Waals surface area contributed by atoms with E-state index in [9.17, 15) is 5.11 Å². The average Bonchev–Trinajstić information content (AvgIpc) is 2.91. The number of nitrogens with zero attached hydrogens (tertiary/aromatic N) is 1. The molecule has 1 aromatic heterocycles. The Morgan fingerprint density at radius 3 is 3.00 bits per heavy atom. The molecule has 0 saturated heterocycles. The van der Waals surface area contributed by atoms with Crippen molar-refractivity contribution in [1.82, 2.24) is 10.3 Å². The maximum absolute atomic E-state index is 9.84. The van der Waals surface area contributed by atoms with Crippen LogP contribution in [0.3, 0.4) is 0 Å². The minimum absolute atomic E-state index is 0.337. The first-order valence-electron chi connectivity index (χ1n) is 6.62. The predicted octanol–water partition coefficient (Wildman–Crippen LogP) is 3.24. The molecule has 0 saturated carbocycles.